The first-order valence-electron chi connectivity index (χ1n) is 6.19. The predicted octanol–water partition coefficient (Wildman–Crippen LogP) is 3.40. The van der Waals surface area contributed by atoms with Gasteiger partial charge >= 0.3 is 0 Å². The molecule has 2 aromatic rings. The molecule has 0 amide bonds. The predicted molar refractivity (Wildman–Crippen MR) is 91.6 cm³/mol. The average Bonchev–Trinajstić information content (AvgIpc) is 2.89. The summed E-state index contributed by atoms with van der Waals surface area (Å²) in [5.74, 6) is -0.397. The van der Waals surface area contributed by atoms with Crippen molar-refractivity contribution in [3.8, 4) is 0 Å². The van der Waals surface area contributed by atoms with Crippen LogP contribution < -0.4 is 10.0 Å². The molecule has 0 aliphatic carbocycles. The van der Waals surface area contributed by atoms with Crippen molar-refractivity contribution in [1.29, 1.82) is 0 Å². The Kier molecular flexibility index (Phi) is 5.58. The minimum atomic E-state index is -3.64. The molecule has 1 aromatic carbocycles. The van der Waals surface area contributed by atoms with Crippen LogP contribution in [-0.2, 0) is 16.6 Å². The Bertz CT molecular complexity index is 732. The van der Waals surface area contributed by atoms with E-state index in [2.05, 4.69) is 10.0 Å². The summed E-state index contributed by atoms with van der Waals surface area (Å²) >= 11 is 3.11. The number of nitrogens with one attached hydrogen (secondary N) is 2. The highest BCUT2D eigenvalue weighted by Gasteiger charge is 2.18. The summed E-state index contributed by atoms with van der Waals surface area (Å²) in [6, 6.07) is 7.30. The van der Waals surface area contributed by atoms with E-state index >= 15 is 0 Å². The Morgan fingerprint density at radius 3 is 2.71 bits per heavy atom. The van der Waals surface area contributed by atoms with Gasteiger partial charge in [-0.3, -0.25) is 4.72 Å². The molecule has 0 fully saturated rings. The highest BCUT2D eigenvalue weighted by atomic mass is 127. The molecule has 114 valence electrons. The fourth-order valence-electron chi connectivity index (χ4n) is 1.61. The average molecular weight is 440 g/mol. The number of hydrogen-bond donors (Lipinski definition) is 2. The van der Waals surface area contributed by atoms with E-state index in [4.69, 9.17) is 0 Å². The zero-order valence-electron chi connectivity index (χ0n) is 11.2. The van der Waals surface area contributed by atoms with Gasteiger partial charge in [0.15, 0.2) is 0 Å². The topological polar surface area (TPSA) is 58.2 Å². The van der Waals surface area contributed by atoms with Crippen molar-refractivity contribution in [2.75, 3.05) is 11.3 Å². The molecule has 21 heavy (non-hydrogen) atoms. The summed E-state index contributed by atoms with van der Waals surface area (Å²) in [4.78, 5) is 0.950. The SMILES string of the molecule is CCNCc1ccc(S(=O)(=O)Nc2ccc(F)cc2I)s1. The molecule has 0 saturated heterocycles. The molecule has 0 saturated carbocycles. The zero-order chi connectivity index (χ0) is 15.5. The van der Waals surface area contributed by atoms with Crippen LogP contribution in [0.5, 0.6) is 0 Å². The van der Waals surface area contributed by atoms with Crippen LogP contribution in [0.15, 0.2) is 34.5 Å². The van der Waals surface area contributed by atoms with Crippen molar-refractivity contribution in [3.63, 3.8) is 0 Å². The smallest absolute Gasteiger partial charge is 0.271 e. The quantitative estimate of drug-likeness (QED) is 0.678. The van der Waals surface area contributed by atoms with Gasteiger partial charge in [0.05, 0.1) is 5.69 Å². The highest BCUT2D eigenvalue weighted by Crippen LogP contribution is 2.26. The van der Waals surface area contributed by atoms with E-state index in [1.54, 1.807) is 12.1 Å². The molecule has 0 bridgehead atoms. The van der Waals surface area contributed by atoms with Gasteiger partial charge in [0.2, 0.25) is 0 Å². The monoisotopic (exact) mass is 440 g/mol. The summed E-state index contributed by atoms with van der Waals surface area (Å²) in [6.45, 7) is 3.46. The molecular formula is C13H14FIN2O2S2. The normalized spacial score (nSPS) is 11.6. The van der Waals surface area contributed by atoms with Gasteiger partial charge in [-0.1, -0.05) is 6.92 Å². The third kappa shape index (κ3) is 4.38. The summed E-state index contributed by atoms with van der Waals surface area (Å²) < 4.78 is 40.9. The second-order valence-electron chi connectivity index (χ2n) is 4.23. The van der Waals surface area contributed by atoms with Crippen molar-refractivity contribution in [2.24, 2.45) is 0 Å². The first-order valence-corrected chi connectivity index (χ1v) is 9.57. The number of anilines is 1. The second-order valence-corrected chi connectivity index (χ2v) is 8.47. The molecule has 2 N–H and O–H groups in total. The van der Waals surface area contributed by atoms with Crippen molar-refractivity contribution < 1.29 is 12.8 Å². The van der Waals surface area contributed by atoms with Crippen LogP contribution in [-0.4, -0.2) is 15.0 Å². The fourth-order valence-corrected chi connectivity index (χ4v) is 4.81. The van der Waals surface area contributed by atoms with Crippen molar-refractivity contribution >= 4 is 49.6 Å². The molecule has 0 unspecified atom stereocenters. The fraction of sp³-hybridized carbons (Fsp3) is 0.231. The van der Waals surface area contributed by atoms with E-state index in [0.29, 0.717) is 15.8 Å². The molecular weight excluding hydrogens is 426 g/mol. The number of rotatable bonds is 6. The van der Waals surface area contributed by atoms with E-state index < -0.39 is 15.8 Å². The maximum atomic E-state index is 13.0. The van der Waals surface area contributed by atoms with E-state index in [0.717, 1.165) is 11.4 Å². The molecule has 0 radical (unpaired) electrons. The third-order valence-electron chi connectivity index (χ3n) is 2.63. The Morgan fingerprint density at radius 2 is 2.05 bits per heavy atom. The lowest BCUT2D eigenvalue weighted by atomic mass is 10.3. The second kappa shape index (κ2) is 7.03. The molecule has 2 rings (SSSR count). The van der Waals surface area contributed by atoms with Crippen LogP contribution in [0.4, 0.5) is 10.1 Å². The van der Waals surface area contributed by atoms with E-state index in [-0.39, 0.29) is 4.21 Å². The highest BCUT2D eigenvalue weighted by molar-refractivity contribution is 14.1. The number of thiophene rings is 1. The molecule has 4 nitrogen and oxygen atoms in total. The molecule has 8 heteroatoms. The lowest BCUT2D eigenvalue weighted by Crippen LogP contribution is -2.12. The van der Waals surface area contributed by atoms with Crippen LogP contribution >= 0.6 is 33.9 Å². The molecule has 1 heterocycles. The molecule has 1 aromatic heterocycles. The van der Waals surface area contributed by atoms with Crippen LogP contribution in [0, 0.1) is 9.39 Å². The minimum Gasteiger partial charge on any atom is -0.312 e. The third-order valence-corrected chi connectivity index (χ3v) is 6.46. The Morgan fingerprint density at radius 1 is 1.29 bits per heavy atom. The zero-order valence-corrected chi connectivity index (χ0v) is 15.0. The van der Waals surface area contributed by atoms with E-state index in [1.165, 1.54) is 29.5 Å². The number of halogens is 2. The van der Waals surface area contributed by atoms with E-state index in [9.17, 15) is 12.8 Å². The number of sulfonamides is 1. The van der Waals surface area contributed by atoms with E-state index in [1.807, 2.05) is 29.5 Å². The van der Waals surface area contributed by atoms with Gasteiger partial charge in [0.1, 0.15) is 10.0 Å². The standard InChI is InChI=1S/C13H14FIN2O2S2/c1-2-16-8-10-4-6-13(20-10)21(18,19)17-12-5-3-9(14)7-11(12)15/h3-7,16-17H,2,8H2,1H3. The van der Waals surface area contributed by atoms with Gasteiger partial charge < -0.3 is 5.32 Å². The van der Waals surface area contributed by atoms with Crippen molar-refractivity contribution in [1.82, 2.24) is 5.32 Å². The molecule has 0 aliphatic rings. The summed E-state index contributed by atoms with van der Waals surface area (Å²) in [7, 11) is -3.64. The van der Waals surface area contributed by atoms with Crippen LogP contribution in [0.1, 0.15) is 11.8 Å². The summed E-state index contributed by atoms with van der Waals surface area (Å²) in [5.41, 5.74) is 0.374. The number of benzene rings is 1. The van der Waals surface area contributed by atoms with Gasteiger partial charge in [0, 0.05) is 15.0 Å². The van der Waals surface area contributed by atoms with Gasteiger partial charge in [0.25, 0.3) is 10.0 Å². The van der Waals surface area contributed by atoms with Crippen molar-refractivity contribution in [3.05, 3.63) is 44.6 Å². The van der Waals surface area contributed by atoms with Gasteiger partial charge in [-0.05, 0) is 59.5 Å². The van der Waals surface area contributed by atoms with Gasteiger partial charge in [-0.25, -0.2) is 12.8 Å². The maximum Gasteiger partial charge on any atom is 0.271 e. The Labute approximate surface area is 141 Å². The largest absolute Gasteiger partial charge is 0.312 e. The Hall–Kier alpha value is -0.710. The molecule has 0 aliphatic heterocycles. The molecule has 0 spiro atoms. The first-order chi connectivity index (χ1) is 9.92. The lowest BCUT2D eigenvalue weighted by molar-refractivity contribution is 0.603. The van der Waals surface area contributed by atoms with Crippen LogP contribution in [0.2, 0.25) is 0 Å². The van der Waals surface area contributed by atoms with Crippen LogP contribution in [0.25, 0.3) is 0 Å². The first kappa shape index (κ1) is 16.7. The van der Waals surface area contributed by atoms with Gasteiger partial charge in [-0.15, -0.1) is 11.3 Å². The minimum absolute atomic E-state index is 0.246. The number of hydrogen-bond acceptors (Lipinski definition) is 4. The summed E-state index contributed by atoms with van der Waals surface area (Å²) in [5, 5.41) is 3.15. The maximum absolute atomic E-state index is 13.0. The lowest BCUT2D eigenvalue weighted by Gasteiger charge is -2.08. The van der Waals surface area contributed by atoms with Gasteiger partial charge in [-0.2, -0.15) is 0 Å². The Balaban J connectivity index is 2.19. The van der Waals surface area contributed by atoms with Crippen LogP contribution in [0.3, 0.4) is 0 Å². The summed E-state index contributed by atoms with van der Waals surface area (Å²) in [6.07, 6.45) is 0. The molecule has 0 atom stereocenters. The van der Waals surface area contributed by atoms with Crippen molar-refractivity contribution in [2.45, 2.75) is 17.7 Å².